The lowest BCUT2D eigenvalue weighted by atomic mass is 11.8. The molecule has 6 heteroatoms. The molecule has 0 aromatic rings. The molecule has 72 valence electrons. The van der Waals surface area contributed by atoms with Gasteiger partial charge in [0, 0.05) is 0 Å². The van der Waals surface area contributed by atoms with Gasteiger partial charge in [0.05, 0.1) is 15.2 Å². The molecule has 0 amide bonds. The van der Waals surface area contributed by atoms with Crippen LogP contribution in [0.2, 0.25) is 39.3 Å². The normalized spacial score (nSPS) is 14.5. The molecule has 0 aromatic carbocycles. The highest BCUT2D eigenvalue weighted by Crippen LogP contribution is 2.21. The minimum atomic E-state index is -1.12. The summed E-state index contributed by atoms with van der Waals surface area (Å²) in [5.41, 5.74) is 0. The second kappa shape index (κ2) is 4.31. The second-order valence-electron chi connectivity index (χ2n) is 5.13. The summed E-state index contributed by atoms with van der Waals surface area (Å²) < 4.78 is 0. The lowest BCUT2D eigenvalue weighted by molar-refractivity contribution is 1.84. The standard InChI is InChI=1S/C6H18Cl2Si4/c1-11(2,3)9(7)10(8)12(4,5)6/h1-6H3. The van der Waals surface area contributed by atoms with Crippen LogP contribution in [0.15, 0.2) is 0 Å². The third kappa shape index (κ3) is 4.10. The Morgan fingerprint density at radius 3 is 0.917 bits per heavy atom. The van der Waals surface area contributed by atoms with E-state index in [9.17, 15) is 0 Å². The first kappa shape index (κ1) is 13.4. The molecule has 0 unspecified atom stereocenters. The monoisotopic (exact) mass is 272 g/mol. The summed E-state index contributed by atoms with van der Waals surface area (Å²) in [6.45, 7) is 14.1. The predicted molar refractivity (Wildman–Crippen MR) is 69.9 cm³/mol. The molecule has 0 nitrogen and oxygen atoms in total. The van der Waals surface area contributed by atoms with Gasteiger partial charge in [0.15, 0.2) is 14.3 Å². The van der Waals surface area contributed by atoms with Gasteiger partial charge in [-0.3, -0.25) is 0 Å². The summed E-state index contributed by atoms with van der Waals surface area (Å²) in [6.07, 6.45) is 0. The molecule has 0 bridgehead atoms. The summed E-state index contributed by atoms with van der Waals surface area (Å²) in [5, 5.41) is 0. The Labute approximate surface area is 90.7 Å². The van der Waals surface area contributed by atoms with E-state index >= 15 is 0 Å². The molecule has 0 saturated heterocycles. The van der Waals surface area contributed by atoms with Crippen molar-refractivity contribution < 1.29 is 0 Å². The van der Waals surface area contributed by atoms with Gasteiger partial charge in [0.25, 0.3) is 0 Å². The third-order valence-corrected chi connectivity index (χ3v) is 51.2. The molecule has 0 aliphatic rings. The quantitative estimate of drug-likeness (QED) is 0.546. The molecule has 0 spiro atoms. The van der Waals surface area contributed by atoms with E-state index in [1.807, 2.05) is 0 Å². The molecule has 0 aromatic heterocycles. The first-order valence-electron chi connectivity index (χ1n) is 4.13. The maximum absolute atomic E-state index is 6.50. The van der Waals surface area contributed by atoms with Crippen molar-refractivity contribution >= 4 is 51.6 Å². The zero-order valence-corrected chi connectivity index (χ0v) is 14.3. The van der Waals surface area contributed by atoms with E-state index in [4.69, 9.17) is 22.2 Å². The number of hydrogen-bond acceptors (Lipinski definition) is 0. The maximum atomic E-state index is 6.50. The molecule has 0 aliphatic carbocycles. The van der Waals surface area contributed by atoms with Crippen LogP contribution >= 0.6 is 22.2 Å². The molecule has 0 aliphatic heterocycles. The summed E-state index contributed by atoms with van der Waals surface area (Å²) in [7, 11) is -3.64. The van der Waals surface area contributed by atoms with E-state index in [2.05, 4.69) is 39.3 Å². The largest absolute Gasteiger partial charge is 0.175 e. The number of rotatable bonds is 3. The van der Waals surface area contributed by atoms with Crippen molar-refractivity contribution in [1.29, 1.82) is 0 Å². The van der Waals surface area contributed by atoms with Crippen molar-refractivity contribution in [3.63, 3.8) is 0 Å². The molecule has 0 rings (SSSR count). The third-order valence-electron chi connectivity index (χ3n) is 1.51. The minimum absolute atomic E-state index is 0.700. The molecule has 0 fully saturated rings. The van der Waals surface area contributed by atoms with Gasteiger partial charge in [-0.25, -0.2) is 0 Å². The van der Waals surface area contributed by atoms with E-state index in [0.717, 1.165) is 0 Å². The molecule has 0 saturated carbocycles. The first-order valence-corrected chi connectivity index (χ1v) is 19.2. The van der Waals surface area contributed by atoms with E-state index in [1.54, 1.807) is 0 Å². The van der Waals surface area contributed by atoms with Crippen LogP contribution in [0.1, 0.15) is 0 Å². The molecule has 0 atom stereocenters. The Morgan fingerprint density at radius 2 is 0.833 bits per heavy atom. The van der Waals surface area contributed by atoms with E-state index in [0.29, 0.717) is 0 Å². The van der Waals surface area contributed by atoms with Gasteiger partial charge < -0.3 is 0 Å². The highest BCUT2D eigenvalue weighted by atomic mass is 35.6. The number of hydrogen-bond donors (Lipinski definition) is 0. The van der Waals surface area contributed by atoms with Gasteiger partial charge in [-0.15, -0.1) is 0 Å². The Morgan fingerprint density at radius 1 is 0.667 bits per heavy atom. The summed E-state index contributed by atoms with van der Waals surface area (Å²) >= 11 is 13.0. The van der Waals surface area contributed by atoms with Crippen molar-refractivity contribution in [2.24, 2.45) is 0 Å². The van der Waals surface area contributed by atoms with E-state index in [1.165, 1.54) is 0 Å². The average Bonchev–Trinajstić information content (AvgIpc) is 1.80. The molecular weight excluding hydrogens is 255 g/mol. The van der Waals surface area contributed by atoms with Crippen molar-refractivity contribution in [3.05, 3.63) is 0 Å². The van der Waals surface area contributed by atoms with Crippen LogP contribution in [0.5, 0.6) is 0 Å². The van der Waals surface area contributed by atoms with Gasteiger partial charge in [-0.05, 0) is 0 Å². The highest BCUT2D eigenvalue weighted by molar-refractivity contribution is 7.89. The van der Waals surface area contributed by atoms with Crippen LogP contribution in [0, 0.1) is 0 Å². The predicted octanol–water partition coefficient (Wildman–Crippen LogP) is 3.36. The van der Waals surface area contributed by atoms with Crippen LogP contribution in [0.3, 0.4) is 0 Å². The van der Waals surface area contributed by atoms with Crippen LogP contribution in [-0.4, -0.2) is 29.5 Å². The maximum Gasteiger partial charge on any atom is 0.157 e. The fourth-order valence-corrected chi connectivity index (χ4v) is 53.3. The second-order valence-corrected chi connectivity index (χ2v) is 39.5. The fraction of sp³-hybridized carbons (Fsp3) is 1.00. The first-order chi connectivity index (χ1) is 5.07. The zero-order valence-electron chi connectivity index (χ0n) is 8.76. The topological polar surface area (TPSA) is 0 Å². The smallest absolute Gasteiger partial charge is 0.157 e. The van der Waals surface area contributed by atoms with E-state index < -0.39 is 29.5 Å². The Hall–Kier alpha value is 1.45. The van der Waals surface area contributed by atoms with Gasteiger partial charge in [0.2, 0.25) is 0 Å². The van der Waals surface area contributed by atoms with Gasteiger partial charge in [0.1, 0.15) is 0 Å². The zero-order chi connectivity index (χ0) is 10.2. The Kier molecular flexibility index (Phi) is 4.83. The molecular formula is C6H18Cl2Si4. The molecule has 0 N–H and O–H groups in total. The lowest BCUT2D eigenvalue weighted by Crippen LogP contribution is -2.58. The van der Waals surface area contributed by atoms with E-state index in [-0.39, 0.29) is 0 Å². The van der Waals surface area contributed by atoms with Crippen LogP contribution < -0.4 is 0 Å². The Bertz CT molecular complexity index is 131. The summed E-state index contributed by atoms with van der Waals surface area (Å²) in [5.74, 6) is 0. The molecule has 2 radical (unpaired) electrons. The van der Waals surface area contributed by atoms with Crippen molar-refractivity contribution in [2.45, 2.75) is 39.3 Å². The van der Waals surface area contributed by atoms with Gasteiger partial charge in [-0.2, -0.15) is 22.2 Å². The highest BCUT2D eigenvalue weighted by Gasteiger charge is 2.42. The minimum Gasteiger partial charge on any atom is -0.175 e. The average molecular weight is 273 g/mol. The van der Waals surface area contributed by atoms with Crippen LogP contribution in [-0.2, 0) is 0 Å². The summed E-state index contributed by atoms with van der Waals surface area (Å²) in [6, 6.07) is 0. The van der Waals surface area contributed by atoms with Crippen LogP contribution in [0.25, 0.3) is 0 Å². The summed E-state index contributed by atoms with van der Waals surface area (Å²) in [4.78, 5) is 0. The molecule has 12 heavy (non-hydrogen) atoms. The van der Waals surface area contributed by atoms with Gasteiger partial charge in [-0.1, -0.05) is 39.3 Å². The van der Waals surface area contributed by atoms with Crippen LogP contribution in [0.4, 0.5) is 0 Å². The van der Waals surface area contributed by atoms with Crippen molar-refractivity contribution in [3.8, 4) is 0 Å². The van der Waals surface area contributed by atoms with Crippen molar-refractivity contribution in [1.82, 2.24) is 0 Å². The number of halogens is 2. The van der Waals surface area contributed by atoms with Crippen molar-refractivity contribution in [2.75, 3.05) is 0 Å². The molecule has 0 heterocycles. The Balaban J connectivity index is 4.41. The van der Waals surface area contributed by atoms with Gasteiger partial charge >= 0.3 is 0 Å². The fourth-order valence-electron chi connectivity index (χ4n) is 0.658. The SMILES string of the molecule is C[Si](C)(C)[Si](Cl)[Si](Cl)[Si](C)(C)C. The lowest BCUT2D eigenvalue weighted by Gasteiger charge is -2.30.